The van der Waals surface area contributed by atoms with E-state index in [1.54, 1.807) is 24.3 Å². The molecule has 33 heavy (non-hydrogen) atoms. The van der Waals surface area contributed by atoms with Crippen LogP contribution in [0.1, 0.15) is 47.9 Å². The number of para-hydroxylation sites is 2. The van der Waals surface area contributed by atoms with Gasteiger partial charge in [0.25, 0.3) is 5.91 Å². The highest BCUT2D eigenvalue weighted by Crippen LogP contribution is 2.22. The van der Waals surface area contributed by atoms with Gasteiger partial charge in [0.1, 0.15) is 18.2 Å². The summed E-state index contributed by atoms with van der Waals surface area (Å²) in [7, 11) is 0. The second-order valence-electron chi connectivity index (χ2n) is 8.09. The number of carbonyl (C=O) groups excluding carboxylic acids is 1. The topological polar surface area (TPSA) is 56.1 Å². The van der Waals surface area contributed by atoms with E-state index in [0.717, 1.165) is 29.0 Å². The molecule has 1 aromatic heterocycles. The van der Waals surface area contributed by atoms with Gasteiger partial charge in [0.05, 0.1) is 24.1 Å². The summed E-state index contributed by atoms with van der Waals surface area (Å²) < 4.78 is 8.11. The fourth-order valence-electron chi connectivity index (χ4n) is 3.78. The molecule has 1 unspecified atom stereocenters. The van der Waals surface area contributed by atoms with Gasteiger partial charge in [0.2, 0.25) is 0 Å². The third kappa shape index (κ3) is 5.55. The highest BCUT2D eigenvalue weighted by Gasteiger charge is 2.13. The smallest absolute Gasteiger partial charge is 0.251 e. The molecule has 0 aliphatic heterocycles. The van der Waals surface area contributed by atoms with Crippen molar-refractivity contribution in [3.63, 3.8) is 0 Å². The summed E-state index contributed by atoms with van der Waals surface area (Å²) in [5.74, 6) is 1.99. The van der Waals surface area contributed by atoms with Crippen molar-refractivity contribution in [2.24, 2.45) is 0 Å². The number of rotatable bonds is 9. The Labute approximate surface area is 199 Å². The van der Waals surface area contributed by atoms with Crippen LogP contribution in [0.3, 0.4) is 0 Å². The first-order chi connectivity index (χ1) is 16.0. The summed E-state index contributed by atoms with van der Waals surface area (Å²) in [6.07, 6.45) is 1.12. The Kier molecular flexibility index (Phi) is 7.30. The first-order valence-corrected chi connectivity index (χ1v) is 11.6. The second-order valence-corrected chi connectivity index (χ2v) is 8.52. The van der Waals surface area contributed by atoms with Gasteiger partial charge >= 0.3 is 0 Å². The van der Waals surface area contributed by atoms with E-state index in [-0.39, 0.29) is 5.91 Å². The zero-order valence-corrected chi connectivity index (χ0v) is 19.7. The van der Waals surface area contributed by atoms with Crippen LogP contribution in [-0.4, -0.2) is 22.1 Å². The van der Waals surface area contributed by atoms with E-state index in [1.807, 2.05) is 36.4 Å². The molecule has 1 amide bonds. The molecular weight excluding hydrogens is 434 g/mol. The Hall–Kier alpha value is -3.31. The van der Waals surface area contributed by atoms with E-state index >= 15 is 0 Å². The van der Waals surface area contributed by atoms with Crippen LogP contribution in [0.15, 0.2) is 72.8 Å². The maximum Gasteiger partial charge on any atom is 0.251 e. The van der Waals surface area contributed by atoms with Gasteiger partial charge in [-0.15, -0.1) is 0 Å². The van der Waals surface area contributed by atoms with E-state index < -0.39 is 0 Å². The van der Waals surface area contributed by atoms with E-state index in [0.29, 0.717) is 36.2 Å². The molecule has 0 radical (unpaired) electrons. The Morgan fingerprint density at radius 2 is 1.88 bits per heavy atom. The van der Waals surface area contributed by atoms with Crippen molar-refractivity contribution in [1.82, 2.24) is 14.9 Å². The predicted octanol–water partition coefficient (Wildman–Crippen LogP) is 6.21. The number of hydrogen-bond acceptors (Lipinski definition) is 3. The van der Waals surface area contributed by atoms with Gasteiger partial charge in [-0.1, -0.05) is 55.8 Å². The molecule has 6 heteroatoms. The summed E-state index contributed by atoms with van der Waals surface area (Å²) in [5.41, 5.74) is 3.75. The van der Waals surface area contributed by atoms with Gasteiger partial charge in [-0.3, -0.25) is 4.79 Å². The van der Waals surface area contributed by atoms with Crippen LogP contribution in [0.25, 0.3) is 11.0 Å². The maximum absolute atomic E-state index is 12.6. The molecular formula is C27H28ClN3O2. The van der Waals surface area contributed by atoms with Gasteiger partial charge in [0, 0.05) is 10.6 Å². The number of fused-ring (bicyclic) bond motifs is 1. The normalized spacial score (nSPS) is 12.0. The molecule has 0 aliphatic carbocycles. The number of imidazole rings is 1. The molecule has 3 aromatic carbocycles. The number of hydrogen-bond donors (Lipinski definition) is 1. The van der Waals surface area contributed by atoms with Gasteiger partial charge in [-0.25, -0.2) is 4.98 Å². The molecule has 1 atom stereocenters. The minimum Gasteiger partial charge on any atom is -0.492 e. The van der Waals surface area contributed by atoms with Crippen LogP contribution in [-0.2, 0) is 13.1 Å². The zero-order chi connectivity index (χ0) is 23.2. The van der Waals surface area contributed by atoms with Crippen LogP contribution < -0.4 is 10.1 Å². The van der Waals surface area contributed by atoms with Crippen molar-refractivity contribution in [2.45, 2.75) is 39.3 Å². The number of nitrogens with zero attached hydrogens (tertiary/aromatic N) is 2. The number of halogens is 1. The molecule has 0 saturated carbocycles. The first-order valence-electron chi connectivity index (χ1n) is 11.3. The molecule has 0 spiro atoms. The van der Waals surface area contributed by atoms with Gasteiger partial charge in [0.15, 0.2) is 0 Å². The lowest BCUT2D eigenvalue weighted by Crippen LogP contribution is -2.25. The average Bonchev–Trinajstić information content (AvgIpc) is 3.20. The highest BCUT2D eigenvalue weighted by molar-refractivity contribution is 6.30. The fourth-order valence-corrected chi connectivity index (χ4v) is 3.97. The molecule has 4 aromatic rings. The third-order valence-electron chi connectivity index (χ3n) is 5.87. The number of benzene rings is 3. The van der Waals surface area contributed by atoms with Crippen LogP contribution >= 0.6 is 11.6 Å². The highest BCUT2D eigenvalue weighted by atomic mass is 35.5. The molecule has 1 N–H and O–H groups in total. The zero-order valence-electron chi connectivity index (χ0n) is 18.9. The minimum atomic E-state index is -0.186. The number of ether oxygens (including phenoxy) is 1. The van der Waals surface area contributed by atoms with E-state index in [9.17, 15) is 4.79 Å². The molecule has 0 aliphatic rings. The van der Waals surface area contributed by atoms with E-state index in [1.165, 1.54) is 5.56 Å². The van der Waals surface area contributed by atoms with Crippen molar-refractivity contribution < 1.29 is 9.53 Å². The Morgan fingerprint density at radius 3 is 2.64 bits per heavy atom. The lowest BCUT2D eigenvalue weighted by Gasteiger charge is -2.13. The SMILES string of the molecule is CCC(C)c1ccc(OCCn2c(CNC(=O)c3cccc(Cl)c3)nc3ccccc32)cc1. The molecule has 0 saturated heterocycles. The Morgan fingerprint density at radius 1 is 1.09 bits per heavy atom. The molecule has 170 valence electrons. The van der Waals surface area contributed by atoms with Gasteiger partial charge in [-0.05, 0) is 60.4 Å². The summed E-state index contributed by atoms with van der Waals surface area (Å²) in [6.45, 7) is 5.85. The lowest BCUT2D eigenvalue weighted by molar-refractivity contribution is 0.0949. The standard InChI is InChI=1S/C27H28ClN3O2/c1-3-19(2)20-11-13-23(14-12-20)33-16-15-31-25-10-5-4-9-24(25)30-26(31)18-29-27(32)21-7-6-8-22(28)17-21/h4-14,17,19H,3,15-16,18H2,1-2H3,(H,29,32). The molecule has 4 rings (SSSR count). The van der Waals surface area contributed by atoms with Crippen LogP contribution in [0.5, 0.6) is 5.75 Å². The van der Waals surface area contributed by atoms with Gasteiger partial charge < -0.3 is 14.6 Å². The molecule has 0 fully saturated rings. The van der Waals surface area contributed by atoms with Crippen molar-refractivity contribution in [1.29, 1.82) is 0 Å². The van der Waals surface area contributed by atoms with Crippen LogP contribution in [0.2, 0.25) is 5.02 Å². The Bertz CT molecular complexity index is 1230. The van der Waals surface area contributed by atoms with E-state index in [2.05, 4.69) is 35.9 Å². The van der Waals surface area contributed by atoms with Gasteiger partial charge in [-0.2, -0.15) is 0 Å². The molecule has 0 bridgehead atoms. The summed E-state index contributed by atoms with van der Waals surface area (Å²) in [4.78, 5) is 17.3. The first kappa shape index (κ1) is 22.9. The number of nitrogens with one attached hydrogen (secondary N) is 1. The van der Waals surface area contributed by atoms with Crippen molar-refractivity contribution in [3.8, 4) is 5.75 Å². The average molecular weight is 462 g/mol. The van der Waals surface area contributed by atoms with Crippen molar-refractivity contribution in [3.05, 3.63) is 94.8 Å². The Balaban J connectivity index is 1.44. The summed E-state index contributed by atoms with van der Waals surface area (Å²) in [5, 5.41) is 3.48. The van der Waals surface area contributed by atoms with Crippen molar-refractivity contribution in [2.75, 3.05) is 6.61 Å². The summed E-state index contributed by atoms with van der Waals surface area (Å²) >= 11 is 6.01. The number of carbonyl (C=O) groups is 1. The van der Waals surface area contributed by atoms with Crippen LogP contribution in [0.4, 0.5) is 0 Å². The summed E-state index contributed by atoms with van der Waals surface area (Å²) in [6, 6.07) is 23.2. The largest absolute Gasteiger partial charge is 0.492 e. The number of amides is 1. The quantitative estimate of drug-likeness (QED) is 0.322. The predicted molar refractivity (Wildman–Crippen MR) is 133 cm³/mol. The van der Waals surface area contributed by atoms with Crippen molar-refractivity contribution >= 4 is 28.5 Å². The molecule has 1 heterocycles. The fraction of sp³-hybridized carbons (Fsp3) is 0.259. The molecule has 5 nitrogen and oxygen atoms in total. The lowest BCUT2D eigenvalue weighted by atomic mass is 9.99. The minimum absolute atomic E-state index is 0.186. The van der Waals surface area contributed by atoms with Crippen LogP contribution in [0, 0.1) is 0 Å². The second kappa shape index (κ2) is 10.5. The number of aromatic nitrogens is 2. The maximum atomic E-state index is 12.6. The van der Waals surface area contributed by atoms with E-state index in [4.69, 9.17) is 21.3 Å². The third-order valence-corrected chi connectivity index (χ3v) is 6.11. The monoisotopic (exact) mass is 461 g/mol.